The van der Waals surface area contributed by atoms with Gasteiger partial charge >= 0.3 is 0 Å². The maximum absolute atomic E-state index is 4.74. The van der Waals surface area contributed by atoms with Gasteiger partial charge in [0, 0.05) is 19.6 Å². The summed E-state index contributed by atoms with van der Waals surface area (Å²) >= 11 is 0. The molecule has 0 saturated carbocycles. The predicted octanol–water partition coefficient (Wildman–Crippen LogP) is 4.38. The van der Waals surface area contributed by atoms with Crippen LogP contribution < -0.4 is 5.43 Å². The highest BCUT2D eigenvalue weighted by molar-refractivity contribution is 4.54. The molecule has 0 atom stereocenters. The second kappa shape index (κ2) is 14.0. The molecule has 0 aliphatic carbocycles. The molecule has 2 heteroatoms. The average Bonchev–Trinajstić information content (AvgIpc) is 2.34. The van der Waals surface area contributed by atoms with Crippen molar-refractivity contribution in [3.05, 3.63) is 0 Å². The maximum Gasteiger partial charge on any atom is 0.0306 e. The van der Waals surface area contributed by atoms with Crippen LogP contribution in [-0.2, 0) is 0 Å². The smallest absolute Gasteiger partial charge is 0.0306 e. The van der Waals surface area contributed by atoms with Gasteiger partial charge in [0.2, 0.25) is 0 Å². The van der Waals surface area contributed by atoms with E-state index in [9.17, 15) is 0 Å². The normalized spacial score (nSPS) is 11.3. The highest BCUT2D eigenvalue weighted by Gasteiger charge is 2.04. The first-order valence-corrected chi connectivity index (χ1v) is 7.77. The molecule has 0 amide bonds. The van der Waals surface area contributed by atoms with Crippen molar-refractivity contribution >= 4 is 0 Å². The molecule has 2 nitrogen and oxygen atoms in total. The quantitative estimate of drug-likeness (QED) is 0.345. The minimum Gasteiger partial charge on any atom is -0.227 e. The molecule has 0 saturated heterocycles. The molecule has 0 bridgehead atoms. The fraction of sp³-hybridized carbons (Fsp3) is 1.00. The van der Waals surface area contributed by atoms with Crippen molar-refractivity contribution in [3.8, 4) is 0 Å². The minimum atomic E-state index is 1.03. The van der Waals surface area contributed by atoms with E-state index in [0.29, 0.717) is 0 Å². The van der Waals surface area contributed by atoms with Gasteiger partial charge in [-0.3, -0.25) is 0 Å². The number of hydrogen-bond acceptors (Lipinski definition) is 1. The molecular weight excluding hydrogens is 208 g/mol. The fourth-order valence-electron chi connectivity index (χ4n) is 1.92. The molecule has 0 unspecified atom stereocenters. The highest BCUT2D eigenvalue weighted by Crippen LogP contribution is 2.02. The first-order chi connectivity index (χ1) is 8.35. The van der Waals surface area contributed by atoms with Crippen molar-refractivity contribution in [1.82, 2.24) is 10.4 Å². The Morgan fingerprint density at radius 2 is 1.12 bits per heavy atom. The standard InChI is InChI=1S/C15H33N2/c1-4-7-10-13-16-17(14-11-8-5-2)15-12-9-6-3/h4-15H2,1-3H3. The summed E-state index contributed by atoms with van der Waals surface area (Å²) in [5.74, 6) is 0. The zero-order valence-electron chi connectivity index (χ0n) is 12.4. The molecule has 0 fully saturated rings. The van der Waals surface area contributed by atoms with Crippen LogP contribution in [0.4, 0.5) is 0 Å². The highest BCUT2D eigenvalue weighted by atomic mass is 15.5. The van der Waals surface area contributed by atoms with Gasteiger partial charge in [-0.05, 0) is 19.3 Å². The Kier molecular flexibility index (Phi) is 13.9. The van der Waals surface area contributed by atoms with E-state index < -0.39 is 0 Å². The molecule has 0 N–H and O–H groups in total. The average molecular weight is 241 g/mol. The van der Waals surface area contributed by atoms with Crippen molar-refractivity contribution < 1.29 is 0 Å². The Labute approximate surface area is 109 Å². The van der Waals surface area contributed by atoms with Crippen molar-refractivity contribution in [2.24, 2.45) is 0 Å². The summed E-state index contributed by atoms with van der Waals surface area (Å²) < 4.78 is 0. The zero-order chi connectivity index (χ0) is 12.8. The van der Waals surface area contributed by atoms with Gasteiger partial charge in [0.1, 0.15) is 0 Å². The largest absolute Gasteiger partial charge is 0.227 e. The number of rotatable bonds is 13. The predicted molar refractivity (Wildman–Crippen MR) is 77.1 cm³/mol. The number of hydrogen-bond donors (Lipinski definition) is 0. The van der Waals surface area contributed by atoms with Crippen molar-refractivity contribution in [1.29, 1.82) is 0 Å². The number of nitrogens with zero attached hydrogens (tertiary/aromatic N) is 2. The maximum atomic E-state index is 4.74. The van der Waals surface area contributed by atoms with Crippen molar-refractivity contribution in [3.63, 3.8) is 0 Å². The van der Waals surface area contributed by atoms with Gasteiger partial charge in [-0.2, -0.15) is 5.43 Å². The van der Waals surface area contributed by atoms with E-state index >= 15 is 0 Å². The molecule has 0 aromatic rings. The van der Waals surface area contributed by atoms with E-state index in [1.807, 2.05) is 0 Å². The van der Waals surface area contributed by atoms with E-state index in [4.69, 9.17) is 5.43 Å². The van der Waals surface area contributed by atoms with Crippen LogP contribution in [0.3, 0.4) is 0 Å². The second-order valence-electron chi connectivity index (χ2n) is 4.94. The molecule has 0 aliphatic rings. The van der Waals surface area contributed by atoms with Crippen LogP contribution in [-0.4, -0.2) is 24.6 Å². The Morgan fingerprint density at radius 3 is 1.59 bits per heavy atom. The lowest BCUT2D eigenvalue weighted by Gasteiger charge is -2.21. The van der Waals surface area contributed by atoms with Gasteiger partial charge in [0.15, 0.2) is 0 Å². The molecule has 0 aromatic heterocycles. The summed E-state index contributed by atoms with van der Waals surface area (Å²) in [6.45, 7) is 10.2. The van der Waals surface area contributed by atoms with E-state index in [-0.39, 0.29) is 0 Å². The SMILES string of the molecule is CCCCC[N]N(CCCCC)CCCCC. The lowest BCUT2D eigenvalue weighted by molar-refractivity contribution is 0.171. The van der Waals surface area contributed by atoms with Gasteiger partial charge < -0.3 is 0 Å². The molecule has 0 heterocycles. The lowest BCUT2D eigenvalue weighted by Crippen LogP contribution is -2.34. The Bertz CT molecular complexity index is 127. The van der Waals surface area contributed by atoms with Crippen LogP contribution in [0, 0.1) is 0 Å². The first-order valence-electron chi connectivity index (χ1n) is 7.77. The van der Waals surface area contributed by atoms with Crippen molar-refractivity contribution in [2.45, 2.75) is 78.6 Å². The number of unbranched alkanes of at least 4 members (excludes halogenated alkanes) is 6. The third-order valence-electron chi connectivity index (χ3n) is 3.10. The molecular formula is C15H33N2. The van der Waals surface area contributed by atoms with Gasteiger partial charge in [-0.1, -0.05) is 59.3 Å². The molecule has 0 rings (SSSR count). The Balaban J connectivity index is 3.60. The molecule has 0 spiro atoms. The van der Waals surface area contributed by atoms with E-state index in [1.165, 1.54) is 70.9 Å². The third-order valence-corrected chi connectivity index (χ3v) is 3.10. The van der Waals surface area contributed by atoms with E-state index in [1.54, 1.807) is 0 Å². The van der Waals surface area contributed by atoms with Gasteiger partial charge in [0.25, 0.3) is 0 Å². The van der Waals surface area contributed by atoms with Crippen LogP contribution >= 0.6 is 0 Å². The summed E-state index contributed by atoms with van der Waals surface area (Å²) in [6.07, 6.45) is 11.8. The molecule has 103 valence electrons. The summed E-state index contributed by atoms with van der Waals surface area (Å²) in [4.78, 5) is 0. The summed E-state index contributed by atoms with van der Waals surface area (Å²) in [5, 5.41) is 2.33. The van der Waals surface area contributed by atoms with Crippen LogP contribution in [0.15, 0.2) is 0 Å². The van der Waals surface area contributed by atoms with Gasteiger partial charge in [0.05, 0.1) is 0 Å². The fourth-order valence-corrected chi connectivity index (χ4v) is 1.92. The second-order valence-corrected chi connectivity index (χ2v) is 4.94. The molecule has 1 radical (unpaired) electrons. The Hall–Kier alpha value is -0.0800. The van der Waals surface area contributed by atoms with Crippen LogP contribution in [0.25, 0.3) is 0 Å². The van der Waals surface area contributed by atoms with Crippen molar-refractivity contribution in [2.75, 3.05) is 19.6 Å². The van der Waals surface area contributed by atoms with Gasteiger partial charge in [-0.15, -0.1) is 0 Å². The van der Waals surface area contributed by atoms with Crippen LogP contribution in [0.5, 0.6) is 0 Å². The summed E-state index contributed by atoms with van der Waals surface area (Å²) in [7, 11) is 0. The lowest BCUT2D eigenvalue weighted by atomic mass is 10.2. The summed E-state index contributed by atoms with van der Waals surface area (Å²) in [5.41, 5.74) is 4.74. The van der Waals surface area contributed by atoms with Crippen LogP contribution in [0.2, 0.25) is 0 Å². The zero-order valence-corrected chi connectivity index (χ0v) is 12.4. The van der Waals surface area contributed by atoms with Crippen LogP contribution in [0.1, 0.15) is 78.6 Å². The first kappa shape index (κ1) is 16.9. The molecule has 0 aromatic carbocycles. The molecule has 17 heavy (non-hydrogen) atoms. The Morgan fingerprint density at radius 1 is 0.647 bits per heavy atom. The monoisotopic (exact) mass is 241 g/mol. The van der Waals surface area contributed by atoms with E-state index in [2.05, 4.69) is 25.8 Å². The third kappa shape index (κ3) is 12.2. The topological polar surface area (TPSA) is 17.3 Å². The summed E-state index contributed by atoms with van der Waals surface area (Å²) in [6, 6.07) is 0. The minimum absolute atomic E-state index is 1.03. The molecule has 0 aliphatic heterocycles. The van der Waals surface area contributed by atoms with E-state index in [0.717, 1.165) is 6.54 Å². The van der Waals surface area contributed by atoms with Gasteiger partial charge in [-0.25, -0.2) is 5.01 Å².